The average molecular weight is 354 g/mol. The zero-order chi connectivity index (χ0) is 18.8. The van der Waals surface area contributed by atoms with Crippen LogP contribution in [0.1, 0.15) is 38.8 Å². The number of halogens is 2. The SMILES string of the molecule is Cc1cc(F)c(C[C@@H](C(=O)OC(C)(C)C)N2CCN[C@@H](C)C2)c(F)c1. The second kappa shape index (κ2) is 7.79. The summed E-state index contributed by atoms with van der Waals surface area (Å²) in [5.41, 5.74) is -0.199. The summed E-state index contributed by atoms with van der Waals surface area (Å²) in [7, 11) is 0. The van der Waals surface area contributed by atoms with Crippen LogP contribution in [0, 0.1) is 18.6 Å². The van der Waals surface area contributed by atoms with Crippen molar-refractivity contribution in [3.8, 4) is 0 Å². The molecule has 1 aliphatic heterocycles. The Bertz CT molecular complexity index is 605. The number of hydrogen-bond acceptors (Lipinski definition) is 4. The van der Waals surface area contributed by atoms with Crippen LogP contribution in [-0.2, 0) is 16.0 Å². The van der Waals surface area contributed by atoms with Gasteiger partial charge in [-0.1, -0.05) is 0 Å². The monoisotopic (exact) mass is 354 g/mol. The molecular weight excluding hydrogens is 326 g/mol. The molecular formula is C19H28F2N2O2. The fourth-order valence-corrected chi connectivity index (χ4v) is 3.09. The lowest BCUT2D eigenvalue weighted by molar-refractivity contribution is -0.162. The fraction of sp³-hybridized carbons (Fsp3) is 0.632. The lowest BCUT2D eigenvalue weighted by atomic mass is 10.00. The number of nitrogens with one attached hydrogen (secondary N) is 1. The summed E-state index contributed by atoms with van der Waals surface area (Å²) >= 11 is 0. The van der Waals surface area contributed by atoms with Crippen LogP contribution in [0.4, 0.5) is 8.78 Å². The molecule has 1 N–H and O–H groups in total. The lowest BCUT2D eigenvalue weighted by Crippen LogP contribution is -2.56. The summed E-state index contributed by atoms with van der Waals surface area (Å²) in [5.74, 6) is -1.68. The smallest absolute Gasteiger partial charge is 0.324 e. The van der Waals surface area contributed by atoms with Gasteiger partial charge in [-0.15, -0.1) is 0 Å². The topological polar surface area (TPSA) is 41.6 Å². The van der Waals surface area contributed by atoms with Crippen molar-refractivity contribution in [2.24, 2.45) is 0 Å². The van der Waals surface area contributed by atoms with E-state index in [-0.39, 0.29) is 18.0 Å². The molecule has 6 heteroatoms. The number of esters is 1. The van der Waals surface area contributed by atoms with Crippen LogP contribution < -0.4 is 5.32 Å². The number of rotatable bonds is 4. The van der Waals surface area contributed by atoms with E-state index >= 15 is 0 Å². The van der Waals surface area contributed by atoms with Gasteiger partial charge in [-0.2, -0.15) is 0 Å². The number of carbonyl (C=O) groups excluding carboxylic acids is 1. The van der Waals surface area contributed by atoms with Crippen LogP contribution in [-0.4, -0.2) is 48.2 Å². The number of hydrogen-bond donors (Lipinski definition) is 1. The average Bonchev–Trinajstić information content (AvgIpc) is 2.44. The van der Waals surface area contributed by atoms with E-state index in [1.165, 1.54) is 12.1 Å². The van der Waals surface area contributed by atoms with Gasteiger partial charge in [0.15, 0.2) is 0 Å². The number of piperazine rings is 1. The number of carbonyl (C=O) groups is 1. The highest BCUT2D eigenvalue weighted by Gasteiger charge is 2.34. The van der Waals surface area contributed by atoms with E-state index in [4.69, 9.17) is 4.74 Å². The van der Waals surface area contributed by atoms with Crippen LogP contribution in [0.2, 0.25) is 0 Å². The molecule has 2 atom stereocenters. The van der Waals surface area contributed by atoms with Crippen LogP contribution in [0.25, 0.3) is 0 Å². The molecule has 0 radical (unpaired) electrons. The van der Waals surface area contributed by atoms with Gasteiger partial charge >= 0.3 is 5.97 Å². The summed E-state index contributed by atoms with van der Waals surface area (Å²) in [6.07, 6.45) is -0.0421. The molecule has 1 saturated heterocycles. The minimum Gasteiger partial charge on any atom is -0.459 e. The molecule has 0 aromatic heterocycles. The molecule has 0 saturated carbocycles. The Morgan fingerprint density at radius 3 is 2.48 bits per heavy atom. The zero-order valence-corrected chi connectivity index (χ0v) is 15.7. The normalized spacial score (nSPS) is 20.4. The first kappa shape index (κ1) is 19.8. The minimum atomic E-state index is -0.713. The van der Waals surface area contributed by atoms with E-state index < -0.39 is 29.2 Å². The molecule has 0 aliphatic carbocycles. The van der Waals surface area contributed by atoms with E-state index in [1.54, 1.807) is 27.7 Å². The first-order valence-corrected chi connectivity index (χ1v) is 8.71. The van der Waals surface area contributed by atoms with Crippen molar-refractivity contribution in [2.75, 3.05) is 19.6 Å². The zero-order valence-electron chi connectivity index (χ0n) is 15.7. The predicted molar refractivity (Wildman–Crippen MR) is 93.5 cm³/mol. The fourth-order valence-electron chi connectivity index (χ4n) is 3.09. The molecule has 0 unspecified atom stereocenters. The van der Waals surface area contributed by atoms with Crippen LogP contribution in [0.5, 0.6) is 0 Å². The Labute approximate surface area is 148 Å². The van der Waals surface area contributed by atoms with Gasteiger partial charge in [0.25, 0.3) is 0 Å². The highest BCUT2D eigenvalue weighted by atomic mass is 19.1. The molecule has 0 spiro atoms. The van der Waals surface area contributed by atoms with Gasteiger partial charge in [-0.3, -0.25) is 9.69 Å². The van der Waals surface area contributed by atoms with E-state index in [0.717, 1.165) is 6.54 Å². The highest BCUT2D eigenvalue weighted by Crippen LogP contribution is 2.21. The van der Waals surface area contributed by atoms with Gasteiger partial charge in [0.1, 0.15) is 23.3 Å². The third kappa shape index (κ3) is 5.47. The summed E-state index contributed by atoms with van der Waals surface area (Å²) in [6, 6.07) is 2.08. The molecule has 25 heavy (non-hydrogen) atoms. The van der Waals surface area contributed by atoms with Crippen molar-refractivity contribution in [2.45, 2.75) is 58.7 Å². The molecule has 1 heterocycles. The van der Waals surface area contributed by atoms with E-state index in [2.05, 4.69) is 5.32 Å². The maximum absolute atomic E-state index is 14.3. The van der Waals surface area contributed by atoms with Gasteiger partial charge in [0.05, 0.1) is 0 Å². The van der Waals surface area contributed by atoms with Gasteiger partial charge in [-0.05, 0) is 52.3 Å². The summed E-state index contributed by atoms with van der Waals surface area (Å²) in [5, 5.41) is 3.31. The van der Waals surface area contributed by atoms with Crippen LogP contribution in [0.15, 0.2) is 12.1 Å². The summed E-state index contributed by atoms with van der Waals surface area (Å²) in [6.45, 7) is 11.0. The molecule has 2 rings (SSSR count). The second-order valence-corrected chi connectivity index (χ2v) is 7.81. The molecule has 1 aromatic carbocycles. The van der Waals surface area contributed by atoms with Gasteiger partial charge in [0.2, 0.25) is 0 Å². The first-order valence-electron chi connectivity index (χ1n) is 8.71. The highest BCUT2D eigenvalue weighted by molar-refractivity contribution is 5.76. The Kier molecular flexibility index (Phi) is 6.16. The molecule has 140 valence electrons. The first-order chi connectivity index (χ1) is 11.6. The number of benzene rings is 1. The van der Waals surface area contributed by atoms with Crippen molar-refractivity contribution >= 4 is 5.97 Å². The van der Waals surface area contributed by atoms with Crippen LogP contribution in [0.3, 0.4) is 0 Å². The molecule has 4 nitrogen and oxygen atoms in total. The lowest BCUT2D eigenvalue weighted by Gasteiger charge is -2.37. The molecule has 1 aromatic rings. The number of ether oxygens (including phenoxy) is 1. The Hall–Kier alpha value is -1.53. The van der Waals surface area contributed by atoms with Gasteiger partial charge in [-0.25, -0.2) is 8.78 Å². The predicted octanol–water partition coefficient (Wildman–Crippen LogP) is 2.82. The van der Waals surface area contributed by atoms with Crippen molar-refractivity contribution < 1.29 is 18.3 Å². The molecule has 1 aliphatic rings. The Morgan fingerprint density at radius 2 is 1.96 bits per heavy atom. The number of nitrogens with zero attached hydrogens (tertiary/aromatic N) is 1. The van der Waals surface area contributed by atoms with Crippen molar-refractivity contribution in [1.29, 1.82) is 0 Å². The van der Waals surface area contributed by atoms with E-state index in [9.17, 15) is 13.6 Å². The quantitative estimate of drug-likeness (QED) is 0.845. The summed E-state index contributed by atoms with van der Waals surface area (Å²) in [4.78, 5) is 14.7. The van der Waals surface area contributed by atoms with Crippen LogP contribution >= 0.6 is 0 Å². The van der Waals surface area contributed by atoms with Gasteiger partial charge < -0.3 is 10.1 Å². The Morgan fingerprint density at radius 1 is 1.36 bits per heavy atom. The third-order valence-corrected chi connectivity index (χ3v) is 4.20. The minimum absolute atomic E-state index is 0.0421. The largest absolute Gasteiger partial charge is 0.459 e. The number of aryl methyl sites for hydroxylation is 1. The van der Waals surface area contributed by atoms with E-state index in [0.29, 0.717) is 18.7 Å². The van der Waals surface area contributed by atoms with E-state index in [1.807, 2.05) is 11.8 Å². The molecule has 0 amide bonds. The standard InChI is InChI=1S/C19H28F2N2O2/c1-12-8-15(20)14(16(21)9-12)10-17(18(24)25-19(3,4)5)23-7-6-22-13(2)11-23/h8-9,13,17,22H,6-7,10-11H2,1-5H3/t13-,17-/m0/s1. The molecule has 1 fully saturated rings. The third-order valence-electron chi connectivity index (χ3n) is 4.20. The Balaban J connectivity index is 2.29. The maximum Gasteiger partial charge on any atom is 0.324 e. The molecule has 0 bridgehead atoms. The second-order valence-electron chi connectivity index (χ2n) is 7.81. The van der Waals surface area contributed by atoms with Crippen molar-refractivity contribution in [1.82, 2.24) is 10.2 Å². The van der Waals surface area contributed by atoms with Gasteiger partial charge in [0, 0.05) is 37.7 Å². The maximum atomic E-state index is 14.3. The van der Waals surface area contributed by atoms with Crippen molar-refractivity contribution in [3.63, 3.8) is 0 Å². The summed E-state index contributed by atoms with van der Waals surface area (Å²) < 4.78 is 34.1. The van der Waals surface area contributed by atoms with Crippen molar-refractivity contribution in [3.05, 3.63) is 34.9 Å².